The standard InChI is InChI=1S/C7H14O2/c1-3-7(6(2)8)4-9-5-7/h6,8H,3-5H2,1-2H3/t6-/m0/s1. The van der Waals surface area contributed by atoms with Gasteiger partial charge in [-0.3, -0.25) is 0 Å². The Labute approximate surface area is 55.8 Å². The maximum atomic E-state index is 9.24. The van der Waals surface area contributed by atoms with Gasteiger partial charge in [0.1, 0.15) is 0 Å². The topological polar surface area (TPSA) is 29.5 Å². The van der Waals surface area contributed by atoms with Gasteiger partial charge in [0.2, 0.25) is 0 Å². The summed E-state index contributed by atoms with van der Waals surface area (Å²) in [5, 5.41) is 9.24. The SMILES string of the molecule is CCC1([C@H](C)O)COC1. The Hall–Kier alpha value is -0.0800. The van der Waals surface area contributed by atoms with Crippen molar-refractivity contribution in [1.29, 1.82) is 0 Å². The Bertz CT molecular complexity index is 89.6. The van der Waals surface area contributed by atoms with Crippen LogP contribution in [-0.2, 0) is 4.74 Å². The molecule has 2 nitrogen and oxygen atoms in total. The summed E-state index contributed by atoms with van der Waals surface area (Å²) in [6.45, 7) is 5.41. The van der Waals surface area contributed by atoms with Gasteiger partial charge in [0.15, 0.2) is 0 Å². The van der Waals surface area contributed by atoms with E-state index in [1.807, 2.05) is 6.92 Å². The third-order valence-electron chi connectivity index (χ3n) is 2.37. The van der Waals surface area contributed by atoms with E-state index in [-0.39, 0.29) is 11.5 Å². The highest BCUT2D eigenvalue weighted by Gasteiger charge is 2.40. The number of ether oxygens (including phenoxy) is 1. The third-order valence-corrected chi connectivity index (χ3v) is 2.37. The fraction of sp³-hybridized carbons (Fsp3) is 1.00. The molecule has 0 bridgehead atoms. The van der Waals surface area contributed by atoms with Crippen molar-refractivity contribution in [2.45, 2.75) is 26.4 Å². The highest BCUT2D eigenvalue weighted by atomic mass is 16.5. The average molecular weight is 130 g/mol. The monoisotopic (exact) mass is 130 g/mol. The van der Waals surface area contributed by atoms with Gasteiger partial charge in [0, 0.05) is 5.41 Å². The Morgan fingerprint density at radius 3 is 2.22 bits per heavy atom. The van der Waals surface area contributed by atoms with E-state index in [1.165, 1.54) is 0 Å². The van der Waals surface area contributed by atoms with Crippen LogP contribution >= 0.6 is 0 Å². The van der Waals surface area contributed by atoms with Crippen molar-refractivity contribution in [3.63, 3.8) is 0 Å². The van der Waals surface area contributed by atoms with Crippen molar-refractivity contribution in [1.82, 2.24) is 0 Å². The average Bonchev–Trinajstić information content (AvgIpc) is 1.62. The van der Waals surface area contributed by atoms with Gasteiger partial charge >= 0.3 is 0 Å². The molecule has 0 radical (unpaired) electrons. The zero-order valence-corrected chi connectivity index (χ0v) is 6.05. The van der Waals surface area contributed by atoms with E-state index in [2.05, 4.69) is 6.92 Å². The minimum Gasteiger partial charge on any atom is -0.393 e. The van der Waals surface area contributed by atoms with Crippen molar-refractivity contribution in [2.24, 2.45) is 5.41 Å². The highest BCUT2D eigenvalue weighted by Crippen LogP contribution is 2.34. The highest BCUT2D eigenvalue weighted by molar-refractivity contribution is 4.88. The second-order valence-electron chi connectivity index (χ2n) is 2.88. The van der Waals surface area contributed by atoms with E-state index in [0.717, 1.165) is 19.6 Å². The minimum absolute atomic E-state index is 0.0972. The Kier molecular flexibility index (Phi) is 1.78. The first-order chi connectivity index (χ1) is 4.21. The quantitative estimate of drug-likeness (QED) is 0.599. The number of aliphatic hydroxyl groups excluding tert-OH is 1. The number of aliphatic hydroxyl groups is 1. The lowest BCUT2D eigenvalue weighted by Crippen LogP contribution is -2.49. The molecule has 9 heavy (non-hydrogen) atoms. The van der Waals surface area contributed by atoms with Gasteiger partial charge in [0.05, 0.1) is 19.3 Å². The second kappa shape index (κ2) is 2.27. The van der Waals surface area contributed by atoms with Gasteiger partial charge in [-0.1, -0.05) is 6.92 Å². The van der Waals surface area contributed by atoms with Gasteiger partial charge in [-0.05, 0) is 13.3 Å². The molecule has 0 unspecified atom stereocenters. The van der Waals surface area contributed by atoms with E-state index in [4.69, 9.17) is 4.74 Å². The molecule has 0 aromatic carbocycles. The summed E-state index contributed by atoms with van der Waals surface area (Å²) in [5.41, 5.74) is 0.0972. The first-order valence-corrected chi connectivity index (χ1v) is 3.47. The third kappa shape index (κ3) is 0.970. The van der Waals surface area contributed by atoms with Gasteiger partial charge in [0.25, 0.3) is 0 Å². The molecule has 0 saturated carbocycles. The first kappa shape index (κ1) is 7.03. The van der Waals surface area contributed by atoms with Crippen molar-refractivity contribution < 1.29 is 9.84 Å². The van der Waals surface area contributed by atoms with Crippen molar-refractivity contribution in [2.75, 3.05) is 13.2 Å². The molecule has 0 aromatic heterocycles. The number of hydrogen-bond donors (Lipinski definition) is 1. The van der Waals surface area contributed by atoms with Crippen LogP contribution < -0.4 is 0 Å². The van der Waals surface area contributed by atoms with Crippen LogP contribution in [0.1, 0.15) is 20.3 Å². The minimum atomic E-state index is -0.212. The lowest BCUT2D eigenvalue weighted by atomic mass is 9.78. The van der Waals surface area contributed by atoms with Gasteiger partial charge in [-0.25, -0.2) is 0 Å². The predicted molar refractivity (Wildman–Crippen MR) is 35.2 cm³/mol. The van der Waals surface area contributed by atoms with Gasteiger partial charge in [-0.2, -0.15) is 0 Å². The van der Waals surface area contributed by atoms with E-state index < -0.39 is 0 Å². The van der Waals surface area contributed by atoms with Crippen LogP contribution in [0.5, 0.6) is 0 Å². The van der Waals surface area contributed by atoms with Crippen LogP contribution in [0.2, 0.25) is 0 Å². The van der Waals surface area contributed by atoms with Crippen LogP contribution in [0.15, 0.2) is 0 Å². The fourth-order valence-corrected chi connectivity index (χ4v) is 1.10. The summed E-state index contributed by atoms with van der Waals surface area (Å²) < 4.78 is 5.03. The molecule has 2 heteroatoms. The van der Waals surface area contributed by atoms with E-state index in [0.29, 0.717) is 0 Å². The van der Waals surface area contributed by atoms with Crippen molar-refractivity contribution in [3.05, 3.63) is 0 Å². The van der Waals surface area contributed by atoms with Gasteiger partial charge in [-0.15, -0.1) is 0 Å². The molecule has 1 aliphatic heterocycles. The van der Waals surface area contributed by atoms with Crippen LogP contribution in [0.25, 0.3) is 0 Å². The Balaban J connectivity index is 2.46. The Morgan fingerprint density at radius 1 is 1.67 bits per heavy atom. The lowest BCUT2D eigenvalue weighted by Gasteiger charge is -2.43. The molecular formula is C7H14O2. The van der Waals surface area contributed by atoms with Crippen LogP contribution in [0.3, 0.4) is 0 Å². The van der Waals surface area contributed by atoms with Gasteiger partial charge < -0.3 is 9.84 Å². The molecule has 1 fully saturated rings. The van der Waals surface area contributed by atoms with E-state index in [9.17, 15) is 5.11 Å². The Morgan fingerprint density at radius 2 is 2.22 bits per heavy atom. The molecule has 54 valence electrons. The molecule has 1 saturated heterocycles. The van der Waals surface area contributed by atoms with Crippen molar-refractivity contribution in [3.8, 4) is 0 Å². The zero-order chi connectivity index (χ0) is 6.91. The van der Waals surface area contributed by atoms with Crippen LogP contribution in [-0.4, -0.2) is 24.4 Å². The summed E-state index contributed by atoms with van der Waals surface area (Å²) in [6.07, 6.45) is 0.807. The zero-order valence-electron chi connectivity index (χ0n) is 6.05. The number of hydrogen-bond acceptors (Lipinski definition) is 2. The van der Waals surface area contributed by atoms with Crippen LogP contribution in [0, 0.1) is 5.41 Å². The normalized spacial score (nSPS) is 27.0. The molecule has 0 aliphatic carbocycles. The van der Waals surface area contributed by atoms with Crippen LogP contribution in [0.4, 0.5) is 0 Å². The smallest absolute Gasteiger partial charge is 0.0612 e. The summed E-state index contributed by atoms with van der Waals surface area (Å²) >= 11 is 0. The molecular weight excluding hydrogens is 116 g/mol. The first-order valence-electron chi connectivity index (χ1n) is 3.47. The maximum absolute atomic E-state index is 9.24. The molecule has 1 aliphatic rings. The molecule has 0 aromatic rings. The fourth-order valence-electron chi connectivity index (χ4n) is 1.10. The largest absolute Gasteiger partial charge is 0.393 e. The predicted octanol–water partition coefficient (Wildman–Crippen LogP) is 0.794. The van der Waals surface area contributed by atoms with Crippen molar-refractivity contribution >= 4 is 0 Å². The van der Waals surface area contributed by atoms with E-state index in [1.54, 1.807) is 0 Å². The molecule has 1 N–H and O–H groups in total. The molecule has 1 heterocycles. The molecule has 1 atom stereocenters. The molecule has 1 rings (SSSR count). The summed E-state index contributed by atoms with van der Waals surface area (Å²) in [5.74, 6) is 0. The summed E-state index contributed by atoms with van der Waals surface area (Å²) in [4.78, 5) is 0. The maximum Gasteiger partial charge on any atom is 0.0612 e. The lowest BCUT2D eigenvalue weighted by molar-refractivity contribution is -0.168. The molecule has 0 amide bonds. The summed E-state index contributed by atoms with van der Waals surface area (Å²) in [7, 11) is 0. The summed E-state index contributed by atoms with van der Waals surface area (Å²) in [6, 6.07) is 0. The van der Waals surface area contributed by atoms with E-state index >= 15 is 0 Å². The second-order valence-corrected chi connectivity index (χ2v) is 2.88. The molecule has 0 spiro atoms. The number of rotatable bonds is 2.